The molecule has 1 amide bonds. The number of anilines is 1. The van der Waals surface area contributed by atoms with Gasteiger partial charge in [-0.1, -0.05) is 11.6 Å². The molecule has 0 aliphatic carbocycles. The third kappa shape index (κ3) is 5.17. The number of carbonyl (C=O) groups is 1. The van der Waals surface area contributed by atoms with Crippen molar-refractivity contribution in [2.24, 2.45) is 0 Å². The summed E-state index contributed by atoms with van der Waals surface area (Å²) in [4.78, 5) is 20.8. The molecular formula is C19H23ClN4O4S. The van der Waals surface area contributed by atoms with Crippen molar-refractivity contribution in [3.8, 4) is 5.75 Å². The molecule has 0 saturated carbocycles. The number of carbonyl (C=O) groups excluding carboxylic acids is 1. The fourth-order valence-corrected chi connectivity index (χ4v) is 4.40. The Labute approximate surface area is 175 Å². The Balaban J connectivity index is 1.58. The van der Waals surface area contributed by atoms with Gasteiger partial charge in [-0.05, 0) is 43.3 Å². The number of hydrogen-bond acceptors (Lipinski definition) is 6. The lowest BCUT2D eigenvalue weighted by Gasteiger charge is -2.36. The monoisotopic (exact) mass is 438 g/mol. The SMILES string of the molecule is COc1ccc(S(=O)(=O)N[C@@H](C)C(=O)N2CCN(c3ccc(Cl)cn3)CC2)cc1. The van der Waals surface area contributed by atoms with Crippen molar-refractivity contribution in [1.82, 2.24) is 14.6 Å². The van der Waals surface area contributed by atoms with E-state index in [2.05, 4.69) is 14.6 Å². The van der Waals surface area contributed by atoms with Gasteiger partial charge in [0.05, 0.1) is 23.1 Å². The number of rotatable bonds is 6. The Bertz CT molecular complexity index is 943. The van der Waals surface area contributed by atoms with Gasteiger partial charge >= 0.3 is 0 Å². The lowest BCUT2D eigenvalue weighted by atomic mass is 10.2. The summed E-state index contributed by atoms with van der Waals surface area (Å²) in [5, 5.41) is 0.570. The molecule has 1 N–H and O–H groups in total. The zero-order valence-corrected chi connectivity index (χ0v) is 17.8. The predicted molar refractivity (Wildman–Crippen MR) is 111 cm³/mol. The number of methoxy groups -OCH3 is 1. The van der Waals surface area contributed by atoms with E-state index in [1.54, 1.807) is 36.2 Å². The van der Waals surface area contributed by atoms with E-state index in [-0.39, 0.29) is 10.8 Å². The number of aromatic nitrogens is 1. The van der Waals surface area contributed by atoms with Crippen LogP contribution >= 0.6 is 11.6 Å². The second kappa shape index (κ2) is 8.98. The van der Waals surface area contributed by atoms with Crippen LogP contribution in [0, 0.1) is 0 Å². The van der Waals surface area contributed by atoms with Crippen molar-refractivity contribution in [2.75, 3.05) is 38.2 Å². The number of hydrogen-bond donors (Lipinski definition) is 1. The van der Waals surface area contributed by atoms with Gasteiger partial charge in [0.25, 0.3) is 0 Å². The Hall–Kier alpha value is -2.36. The molecule has 1 atom stereocenters. The highest BCUT2D eigenvalue weighted by atomic mass is 35.5. The van der Waals surface area contributed by atoms with Crippen LogP contribution in [0.2, 0.25) is 5.02 Å². The summed E-state index contributed by atoms with van der Waals surface area (Å²) < 4.78 is 32.6. The number of halogens is 1. The zero-order chi connectivity index (χ0) is 21.0. The topological polar surface area (TPSA) is 91.8 Å². The van der Waals surface area contributed by atoms with Crippen LogP contribution < -0.4 is 14.4 Å². The number of sulfonamides is 1. The highest BCUT2D eigenvalue weighted by molar-refractivity contribution is 7.89. The van der Waals surface area contributed by atoms with E-state index >= 15 is 0 Å². The molecule has 29 heavy (non-hydrogen) atoms. The van der Waals surface area contributed by atoms with Gasteiger partial charge in [0.1, 0.15) is 11.6 Å². The minimum absolute atomic E-state index is 0.0802. The third-order valence-electron chi connectivity index (χ3n) is 4.70. The lowest BCUT2D eigenvalue weighted by Crippen LogP contribution is -2.54. The molecule has 0 unspecified atom stereocenters. The first-order valence-corrected chi connectivity index (χ1v) is 11.0. The lowest BCUT2D eigenvalue weighted by molar-refractivity contribution is -0.132. The summed E-state index contributed by atoms with van der Waals surface area (Å²) in [6, 6.07) is 8.74. The van der Waals surface area contributed by atoms with Gasteiger partial charge in [0, 0.05) is 32.4 Å². The Morgan fingerprint density at radius 2 is 1.79 bits per heavy atom. The van der Waals surface area contributed by atoms with Gasteiger partial charge < -0.3 is 14.5 Å². The van der Waals surface area contributed by atoms with Crippen molar-refractivity contribution < 1.29 is 17.9 Å². The first-order valence-electron chi connectivity index (χ1n) is 9.12. The number of ether oxygens (including phenoxy) is 1. The van der Waals surface area contributed by atoms with E-state index in [9.17, 15) is 13.2 Å². The standard InChI is InChI=1S/C19H23ClN4O4S/c1-14(22-29(26,27)17-6-4-16(28-2)5-7-17)19(25)24-11-9-23(10-12-24)18-8-3-15(20)13-21-18/h3-8,13-14,22H,9-12H2,1-2H3/t14-/m0/s1. The highest BCUT2D eigenvalue weighted by Gasteiger charge is 2.28. The number of pyridine rings is 1. The normalized spacial score (nSPS) is 15.8. The maximum atomic E-state index is 12.7. The average Bonchev–Trinajstić information content (AvgIpc) is 2.73. The quantitative estimate of drug-likeness (QED) is 0.738. The van der Waals surface area contributed by atoms with Crippen molar-refractivity contribution >= 4 is 33.3 Å². The molecule has 156 valence electrons. The molecule has 1 aliphatic heterocycles. The zero-order valence-electron chi connectivity index (χ0n) is 16.2. The van der Waals surface area contributed by atoms with E-state index in [1.807, 2.05) is 6.07 Å². The van der Waals surface area contributed by atoms with Crippen molar-refractivity contribution in [2.45, 2.75) is 17.9 Å². The molecule has 1 aromatic carbocycles. The van der Waals surface area contributed by atoms with E-state index in [1.165, 1.54) is 19.2 Å². The van der Waals surface area contributed by atoms with Crippen LogP contribution in [0.25, 0.3) is 0 Å². The van der Waals surface area contributed by atoms with Crippen molar-refractivity contribution in [3.05, 3.63) is 47.6 Å². The minimum atomic E-state index is -3.81. The Kier molecular flexibility index (Phi) is 6.61. The molecule has 0 radical (unpaired) electrons. The summed E-state index contributed by atoms with van der Waals surface area (Å²) in [7, 11) is -2.31. The van der Waals surface area contributed by atoms with Crippen LogP contribution in [-0.4, -0.2) is 63.5 Å². The molecule has 1 aliphatic rings. The molecule has 1 fully saturated rings. The minimum Gasteiger partial charge on any atom is -0.497 e. The van der Waals surface area contributed by atoms with Crippen molar-refractivity contribution in [3.63, 3.8) is 0 Å². The fourth-order valence-electron chi connectivity index (χ4n) is 3.09. The van der Waals surface area contributed by atoms with Gasteiger partial charge in [0.15, 0.2) is 0 Å². The second-order valence-corrected chi connectivity index (χ2v) is 8.82. The Morgan fingerprint density at radius 1 is 1.14 bits per heavy atom. The summed E-state index contributed by atoms with van der Waals surface area (Å²) in [5.41, 5.74) is 0. The van der Waals surface area contributed by atoms with E-state index < -0.39 is 16.1 Å². The summed E-state index contributed by atoms with van der Waals surface area (Å²) in [6.07, 6.45) is 1.59. The number of benzene rings is 1. The molecule has 0 spiro atoms. The smallest absolute Gasteiger partial charge is 0.241 e. The number of amides is 1. The molecule has 2 heterocycles. The number of nitrogens with zero attached hydrogens (tertiary/aromatic N) is 3. The van der Waals surface area contributed by atoms with Crippen LogP contribution in [0.1, 0.15) is 6.92 Å². The fraction of sp³-hybridized carbons (Fsp3) is 0.368. The summed E-state index contributed by atoms with van der Waals surface area (Å²) in [6.45, 7) is 3.74. The average molecular weight is 439 g/mol. The molecular weight excluding hydrogens is 416 g/mol. The molecule has 0 bridgehead atoms. The summed E-state index contributed by atoms with van der Waals surface area (Å²) in [5.74, 6) is 1.10. The molecule has 1 aromatic heterocycles. The number of piperazine rings is 1. The predicted octanol–water partition coefficient (Wildman–Crippen LogP) is 1.76. The van der Waals surface area contributed by atoms with Crippen LogP contribution in [0.5, 0.6) is 5.75 Å². The maximum absolute atomic E-state index is 12.7. The van der Waals surface area contributed by atoms with Gasteiger partial charge in [-0.3, -0.25) is 4.79 Å². The van der Waals surface area contributed by atoms with Crippen LogP contribution in [0.4, 0.5) is 5.82 Å². The highest BCUT2D eigenvalue weighted by Crippen LogP contribution is 2.18. The van der Waals surface area contributed by atoms with E-state index in [4.69, 9.17) is 16.3 Å². The van der Waals surface area contributed by atoms with E-state index in [0.717, 1.165) is 5.82 Å². The van der Waals surface area contributed by atoms with Gasteiger partial charge in [-0.25, -0.2) is 13.4 Å². The second-order valence-electron chi connectivity index (χ2n) is 6.67. The first-order chi connectivity index (χ1) is 13.8. The number of nitrogens with one attached hydrogen (secondary N) is 1. The maximum Gasteiger partial charge on any atom is 0.241 e. The molecule has 3 rings (SSSR count). The van der Waals surface area contributed by atoms with Crippen LogP contribution in [0.15, 0.2) is 47.5 Å². The Morgan fingerprint density at radius 3 is 2.34 bits per heavy atom. The molecule has 8 nitrogen and oxygen atoms in total. The van der Waals surface area contributed by atoms with Crippen molar-refractivity contribution in [1.29, 1.82) is 0 Å². The third-order valence-corrected chi connectivity index (χ3v) is 6.48. The largest absolute Gasteiger partial charge is 0.497 e. The van der Waals surface area contributed by atoms with Crippen LogP contribution in [-0.2, 0) is 14.8 Å². The molecule has 2 aromatic rings. The molecule has 1 saturated heterocycles. The van der Waals surface area contributed by atoms with E-state index in [0.29, 0.717) is 37.0 Å². The van der Waals surface area contributed by atoms with Gasteiger partial charge in [-0.15, -0.1) is 0 Å². The van der Waals surface area contributed by atoms with Gasteiger partial charge in [-0.2, -0.15) is 4.72 Å². The summed E-state index contributed by atoms with van der Waals surface area (Å²) >= 11 is 5.87. The van der Waals surface area contributed by atoms with Crippen LogP contribution in [0.3, 0.4) is 0 Å². The van der Waals surface area contributed by atoms with Gasteiger partial charge in [0.2, 0.25) is 15.9 Å². The first kappa shape index (κ1) is 21.4. The molecule has 10 heteroatoms.